The third-order valence-electron chi connectivity index (χ3n) is 2.65. The number of urea groups is 1. The molecule has 0 aromatic heterocycles. The second-order valence-corrected chi connectivity index (χ2v) is 3.91. The van der Waals surface area contributed by atoms with Crippen molar-refractivity contribution in [2.24, 2.45) is 5.92 Å². The van der Waals surface area contributed by atoms with Gasteiger partial charge in [-0.25, -0.2) is 4.79 Å². The van der Waals surface area contributed by atoms with E-state index < -0.39 is 17.9 Å². The van der Waals surface area contributed by atoms with Crippen molar-refractivity contribution >= 4 is 17.9 Å². The lowest BCUT2D eigenvalue weighted by atomic mass is 10.1. The van der Waals surface area contributed by atoms with Crippen LogP contribution < -0.4 is 10.6 Å². The molecule has 18 heavy (non-hydrogen) atoms. The van der Waals surface area contributed by atoms with E-state index in [1.165, 1.54) is 4.90 Å². The Morgan fingerprint density at radius 2 is 1.83 bits per heavy atom. The summed E-state index contributed by atoms with van der Waals surface area (Å²) in [5.41, 5.74) is 0. The smallest absolute Gasteiger partial charge is 0.315 e. The number of carboxylic acids is 1. The lowest BCUT2D eigenvalue weighted by Crippen LogP contribution is -2.44. The summed E-state index contributed by atoms with van der Waals surface area (Å²) in [7, 11) is 1.64. The molecule has 0 saturated carbocycles. The number of rotatable bonds is 7. The van der Waals surface area contributed by atoms with E-state index in [0.717, 1.165) is 0 Å². The normalized spacial score (nSPS) is 11.5. The molecule has 3 N–H and O–H groups in total. The van der Waals surface area contributed by atoms with Gasteiger partial charge in [0.1, 0.15) is 0 Å². The molecule has 0 aliphatic heterocycles. The van der Waals surface area contributed by atoms with Gasteiger partial charge in [-0.15, -0.1) is 0 Å². The molecule has 0 radical (unpaired) electrons. The Labute approximate surface area is 107 Å². The third kappa shape index (κ3) is 6.07. The van der Waals surface area contributed by atoms with Gasteiger partial charge in [0, 0.05) is 20.1 Å². The molecule has 0 rings (SSSR count). The first kappa shape index (κ1) is 16.2. The molecule has 0 bridgehead atoms. The minimum absolute atomic E-state index is 0.0511. The highest BCUT2D eigenvalue weighted by atomic mass is 16.4. The maximum atomic E-state index is 11.4. The SMILES string of the molecule is CCC(CNC(=O)NCC(=O)N(C)CC)C(=O)O. The zero-order chi connectivity index (χ0) is 14.1. The van der Waals surface area contributed by atoms with Crippen molar-refractivity contribution in [2.45, 2.75) is 20.3 Å². The van der Waals surface area contributed by atoms with Gasteiger partial charge < -0.3 is 20.6 Å². The molecule has 1 atom stereocenters. The third-order valence-corrected chi connectivity index (χ3v) is 2.65. The van der Waals surface area contributed by atoms with Crippen molar-refractivity contribution in [3.63, 3.8) is 0 Å². The number of carbonyl (C=O) groups is 3. The van der Waals surface area contributed by atoms with Crippen LogP contribution in [0, 0.1) is 5.92 Å². The molecular weight excluding hydrogens is 238 g/mol. The van der Waals surface area contributed by atoms with Crippen LogP contribution in [0.3, 0.4) is 0 Å². The second-order valence-electron chi connectivity index (χ2n) is 3.91. The minimum Gasteiger partial charge on any atom is -0.481 e. The van der Waals surface area contributed by atoms with Gasteiger partial charge in [0.2, 0.25) is 5.91 Å². The van der Waals surface area contributed by atoms with Gasteiger partial charge >= 0.3 is 12.0 Å². The van der Waals surface area contributed by atoms with E-state index in [4.69, 9.17) is 5.11 Å². The van der Waals surface area contributed by atoms with Crippen LogP contribution in [0.5, 0.6) is 0 Å². The number of hydrogen-bond donors (Lipinski definition) is 3. The van der Waals surface area contributed by atoms with E-state index in [1.54, 1.807) is 14.0 Å². The van der Waals surface area contributed by atoms with Gasteiger partial charge in [0.15, 0.2) is 0 Å². The Morgan fingerprint density at radius 1 is 1.22 bits per heavy atom. The highest BCUT2D eigenvalue weighted by Crippen LogP contribution is 1.99. The predicted molar refractivity (Wildman–Crippen MR) is 66.1 cm³/mol. The molecule has 0 heterocycles. The van der Waals surface area contributed by atoms with Crippen LogP contribution in [0.2, 0.25) is 0 Å². The fourth-order valence-electron chi connectivity index (χ4n) is 1.15. The van der Waals surface area contributed by atoms with Crippen molar-refractivity contribution in [3.8, 4) is 0 Å². The highest BCUT2D eigenvalue weighted by molar-refractivity contribution is 5.84. The summed E-state index contributed by atoms with van der Waals surface area (Å²) in [6.45, 7) is 4.09. The molecule has 0 spiro atoms. The van der Waals surface area contributed by atoms with Crippen LogP contribution in [-0.4, -0.2) is 54.6 Å². The number of likely N-dealkylation sites (N-methyl/N-ethyl adjacent to an activating group) is 1. The lowest BCUT2D eigenvalue weighted by molar-refractivity contribution is -0.141. The Bertz CT molecular complexity index is 307. The Hall–Kier alpha value is -1.79. The summed E-state index contributed by atoms with van der Waals surface area (Å²) >= 11 is 0. The fourth-order valence-corrected chi connectivity index (χ4v) is 1.15. The highest BCUT2D eigenvalue weighted by Gasteiger charge is 2.16. The van der Waals surface area contributed by atoms with Gasteiger partial charge in [0.05, 0.1) is 12.5 Å². The topological polar surface area (TPSA) is 98.7 Å². The molecule has 1 unspecified atom stereocenters. The van der Waals surface area contributed by atoms with Crippen molar-refractivity contribution in [3.05, 3.63) is 0 Å². The zero-order valence-electron chi connectivity index (χ0n) is 11.0. The first-order valence-corrected chi connectivity index (χ1v) is 5.90. The summed E-state index contributed by atoms with van der Waals surface area (Å²) in [5.74, 6) is -1.75. The number of carboxylic acid groups (broad SMARTS) is 1. The minimum atomic E-state index is -0.945. The second kappa shape index (κ2) is 8.32. The van der Waals surface area contributed by atoms with E-state index in [2.05, 4.69) is 10.6 Å². The summed E-state index contributed by atoms with van der Waals surface area (Å²) in [4.78, 5) is 34.9. The number of carbonyl (C=O) groups excluding carboxylic acids is 2. The maximum Gasteiger partial charge on any atom is 0.315 e. The quantitative estimate of drug-likeness (QED) is 0.593. The molecule has 7 nitrogen and oxygen atoms in total. The van der Waals surface area contributed by atoms with E-state index in [-0.39, 0.29) is 19.0 Å². The molecule has 0 aromatic rings. The van der Waals surface area contributed by atoms with Crippen LogP contribution in [0.4, 0.5) is 4.79 Å². The maximum absolute atomic E-state index is 11.4. The van der Waals surface area contributed by atoms with Crippen molar-refractivity contribution < 1.29 is 19.5 Å². The van der Waals surface area contributed by atoms with Crippen LogP contribution in [0.15, 0.2) is 0 Å². The Kier molecular flexibility index (Phi) is 7.50. The van der Waals surface area contributed by atoms with Crippen LogP contribution in [-0.2, 0) is 9.59 Å². The standard InChI is InChI=1S/C11H21N3O4/c1-4-8(10(16)17)6-12-11(18)13-7-9(15)14(3)5-2/h8H,4-7H2,1-3H3,(H,16,17)(H2,12,13,18). The van der Waals surface area contributed by atoms with E-state index in [0.29, 0.717) is 13.0 Å². The first-order valence-electron chi connectivity index (χ1n) is 5.90. The number of nitrogens with zero attached hydrogens (tertiary/aromatic N) is 1. The van der Waals surface area contributed by atoms with Gasteiger partial charge in [0.25, 0.3) is 0 Å². The predicted octanol–water partition coefficient (Wildman–Crippen LogP) is -0.125. The molecule has 0 aliphatic carbocycles. The largest absolute Gasteiger partial charge is 0.481 e. The monoisotopic (exact) mass is 259 g/mol. The first-order chi connectivity index (χ1) is 8.42. The Morgan fingerprint density at radius 3 is 2.28 bits per heavy atom. The van der Waals surface area contributed by atoms with Crippen molar-refractivity contribution in [1.82, 2.24) is 15.5 Å². The van der Waals surface area contributed by atoms with E-state index in [1.807, 2.05) is 6.92 Å². The van der Waals surface area contributed by atoms with Gasteiger partial charge in [-0.05, 0) is 13.3 Å². The van der Waals surface area contributed by atoms with E-state index in [9.17, 15) is 14.4 Å². The van der Waals surface area contributed by atoms with E-state index >= 15 is 0 Å². The van der Waals surface area contributed by atoms with Crippen LogP contribution in [0.1, 0.15) is 20.3 Å². The van der Waals surface area contributed by atoms with Crippen molar-refractivity contribution in [1.29, 1.82) is 0 Å². The van der Waals surface area contributed by atoms with Crippen molar-refractivity contribution in [2.75, 3.05) is 26.7 Å². The summed E-state index contributed by atoms with van der Waals surface area (Å²) < 4.78 is 0. The molecule has 104 valence electrons. The summed E-state index contributed by atoms with van der Waals surface area (Å²) in [6, 6.07) is -0.535. The van der Waals surface area contributed by atoms with Gasteiger partial charge in [-0.2, -0.15) is 0 Å². The molecule has 0 aliphatic rings. The van der Waals surface area contributed by atoms with Gasteiger partial charge in [-0.1, -0.05) is 6.92 Å². The molecular formula is C11H21N3O4. The fraction of sp³-hybridized carbons (Fsp3) is 0.727. The molecule has 3 amide bonds. The zero-order valence-corrected chi connectivity index (χ0v) is 11.0. The summed E-state index contributed by atoms with van der Waals surface area (Å²) in [6.07, 6.45) is 0.438. The summed E-state index contributed by atoms with van der Waals surface area (Å²) in [5, 5.41) is 13.6. The number of nitrogens with one attached hydrogen (secondary N) is 2. The Balaban J connectivity index is 3.91. The number of hydrogen-bond acceptors (Lipinski definition) is 3. The van der Waals surface area contributed by atoms with Gasteiger partial charge in [-0.3, -0.25) is 9.59 Å². The molecule has 0 aromatic carbocycles. The van der Waals surface area contributed by atoms with Crippen LogP contribution >= 0.6 is 0 Å². The number of aliphatic carboxylic acids is 1. The average Bonchev–Trinajstić information content (AvgIpc) is 2.35. The number of amides is 3. The average molecular weight is 259 g/mol. The molecule has 7 heteroatoms. The van der Waals surface area contributed by atoms with Crippen LogP contribution in [0.25, 0.3) is 0 Å². The lowest BCUT2D eigenvalue weighted by Gasteiger charge is -2.15. The molecule has 0 saturated heterocycles. The molecule has 0 fully saturated rings.